The van der Waals surface area contributed by atoms with Crippen LogP contribution < -0.4 is 0 Å². The number of rotatable bonds is 9. The molecule has 0 aliphatic rings. The second-order valence-electron chi connectivity index (χ2n) is 23.4. The Balaban J connectivity index is 0.739. The van der Waals surface area contributed by atoms with Crippen molar-refractivity contribution >= 4 is 86.7 Å². The predicted octanol–water partition coefficient (Wildman–Crippen LogP) is 22.3. The van der Waals surface area contributed by atoms with Crippen molar-refractivity contribution in [1.29, 1.82) is 0 Å². The molecule has 5 heteroatoms. The van der Waals surface area contributed by atoms with Crippen LogP contribution >= 0.6 is 0 Å². The molecule has 418 valence electrons. The molecule has 0 spiro atoms. The molecule has 0 atom stereocenters. The van der Waals surface area contributed by atoms with Gasteiger partial charge in [-0.15, -0.1) is 0 Å². The Morgan fingerprint density at radius 3 is 1.26 bits per heavy atom. The first-order valence-electron chi connectivity index (χ1n) is 30.7. The minimum atomic E-state index is 0.797. The number of hydrogen-bond acceptors (Lipinski definition) is 3. The highest BCUT2D eigenvalue weighted by Crippen LogP contribution is 2.48. The van der Waals surface area contributed by atoms with Gasteiger partial charge in [0.15, 0.2) is 0 Å². The van der Waals surface area contributed by atoms with Gasteiger partial charge in [0, 0.05) is 34.0 Å². The molecule has 90 heavy (non-hydrogen) atoms. The van der Waals surface area contributed by atoms with E-state index in [0.717, 1.165) is 89.4 Å². The summed E-state index contributed by atoms with van der Waals surface area (Å²) in [7, 11) is 0. The van der Waals surface area contributed by atoms with Crippen LogP contribution in [-0.4, -0.2) is 24.1 Å². The largest absolute Gasteiger partial charge is 0.292 e. The number of aromatic nitrogens is 5. The molecule has 0 unspecified atom stereocenters. The van der Waals surface area contributed by atoms with Crippen molar-refractivity contribution in [2.45, 2.75) is 0 Å². The van der Waals surface area contributed by atoms with Crippen molar-refractivity contribution in [2.24, 2.45) is 0 Å². The lowest BCUT2D eigenvalue weighted by molar-refractivity contribution is 1.03. The van der Waals surface area contributed by atoms with E-state index in [1.807, 2.05) is 6.20 Å². The molecule has 0 bridgehead atoms. The summed E-state index contributed by atoms with van der Waals surface area (Å²) in [5, 5.41) is 14.4. The number of pyridine rings is 1. The molecule has 3 aromatic heterocycles. The Hall–Kier alpha value is -12.1. The van der Waals surface area contributed by atoms with Crippen LogP contribution in [0.3, 0.4) is 0 Å². The van der Waals surface area contributed by atoms with Crippen molar-refractivity contribution < 1.29 is 0 Å². The lowest BCUT2D eigenvalue weighted by atomic mass is 9.85. The molecule has 18 rings (SSSR count). The average Bonchev–Trinajstić information content (AvgIpc) is 0.766. The Kier molecular flexibility index (Phi) is 11.9. The minimum Gasteiger partial charge on any atom is -0.292 e. The second-order valence-corrected chi connectivity index (χ2v) is 23.4. The van der Waals surface area contributed by atoms with Crippen LogP contribution in [0.4, 0.5) is 0 Å². The highest BCUT2D eigenvalue weighted by molar-refractivity contribution is 6.24. The normalized spacial score (nSPS) is 11.8. The molecular formula is C85H53N5. The van der Waals surface area contributed by atoms with Crippen molar-refractivity contribution in [3.8, 4) is 89.9 Å². The first kappa shape index (κ1) is 51.2. The minimum absolute atomic E-state index is 0.797. The maximum atomic E-state index is 5.55. The van der Waals surface area contributed by atoms with Crippen LogP contribution in [0.1, 0.15) is 0 Å². The Morgan fingerprint density at radius 1 is 0.244 bits per heavy atom. The molecule has 5 nitrogen and oxygen atoms in total. The number of fused-ring (bicyclic) bond motifs is 8. The average molecular weight is 1140 g/mol. The quantitative estimate of drug-likeness (QED) is 0.135. The number of hydrogen-bond donors (Lipinski definition) is 0. The zero-order valence-corrected chi connectivity index (χ0v) is 48.8. The summed E-state index contributed by atoms with van der Waals surface area (Å²) in [6.07, 6.45) is 2.05. The summed E-state index contributed by atoms with van der Waals surface area (Å²) >= 11 is 0. The molecule has 0 aliphatic carbocycles. The van der Waals surface area contributed by atoms with E-state index in [0.29, 0.717) is 0 Å². The zero-order chi connectivity index (χ0) is 59.2. The van der Waals surface area contributed by atoms with Crippen LogP contribution in [0.5, 0.6) is 0 Å². The molecule has 0 saturated heterocycles. The molecule has 18 aromatic rings. The van der Waals surface area contributed by atoms with Crippen molar-refractivity contribution in [2.75, 3.05) is 0 Å². The number of nitrogens with zero attached hydrogens (tertiary/aromatic N) is 5. The topological polar surface area (TPSA) is 48.5 Å². The van der Waals surface area contributed by atoms with Gasteiger partial charge in [-0.25, -0.2) is 15.0 Å². The Bertz CT molecular complexity index is 5790. The van der Waals surface area contributed by atoms with E-state index in [1.54, 1.807) is 0 Å². The highest BCUT2D eigenvalue weighted by Gasteiger charge is 2.25. The Morgan fingerprint density at radius 2 is 0.667 bits per heavy atom. The van der Waals surface area contributed by atoms with Gasteiger partial charge in [-0.05, 0) is 158 Å². The molecule has 0 N–H and O–H groups in total. The smallest absolute Gasteiger partial charge is 0.146 e. The summed E-state index contributed by atoms with van der Waals surface area (Å²) in [6.45, 7) is 0. The predicted molar refractivity (Wildman–Crippen MR) is 377 cm³/mol. The van der Waals surface area contributed by atoms with Gasteiger partial charge in [0.1, 0.15) is 17.5 Å². The lowest BCUT2D eigenvalue weighted by Gasteiger charge is -2.21. The maximum absolute atomic E-state index is 5.55. The fraction of sp³-hybridized carbons (Fsp3) is 0. The van der Waals surface area contributed by atoms with Gasteiger partial charge in [0.25, 0.3) is 0 Å². The van der Waals surface area contributed by atoms with Gasteiger partial charge >= 0.3 is 0 Å². The van der Waals surface area contributed by atoms with E-state index in [4.69, 9.17) is 15.0 Å². The van der Waals surface area contributed by atoms with Crippen LogP contribution in [-0.2, 0) is 0 Å². The Labute approximate surface area is 519 Å². The van der Waals surface area contributed by atoms with E-state index in [2.05, 4.69) is 325 Å². The molecule has 3 heterocycles. The van der Waals surface area contributed by atoms with E-state index in [9.17, 15) is 0 Å². The molecular weight excluding hydrogens is 1090 g/mol. The molecule has 0 radical (unpaired) electrons. The third kappa shape index (κ3) is 8.21. The van der Waals surface area contributed by atoms with Crippen molar-refractivity contribution in [3.63, 3.8) is 0 Å². The number of para-hydroxylation sites is 4. The van der Waals surface area contributed by atoms with Crippen LogP contribution in [0, 0.1) is 0 Å². The van der Waals surface area contributed by atoms with E-state index in [-0.39, 0.29) is 0 Å². The van der Waals surface area contributed by atoms with Gasteiger partial charge < -0.3 is 0 Å². The van der Waals surface area contributed by atoms with Crippen LogP contribution in [0.15, 0.2) is 322 Å². The first-order valence-corrected chi connectivity index (χ1v) is 30.7. The summed E-state index contributed by atoms with van der Waals surface area (Å²) in [5.41, 5.74) is 18.6. The van der Waals surface area contributed by atoms with Gasteiger partial charge in [0.2, 0.25) is 0 Å². The molecule has 0 fully saturated rings. The first-order chi connectivity index (χ1) is 44.7. The van der Waals surface area contributed by atoms with E-state index >= 15 is 0 Å². The van der Waals surface area contributed by atoms with Crippen LogP contribution in [0.2, 0.25) is 0 Å². The zero-order valence-electron chi connectivity index (χ0n) is 48.8. The number of imidazole rings is 2. The maximum Gasteiger partial charge on any atom is 0.146 e. The lowest BCUT2D eigenvalue weighted by Crippen LogP contribution is -2.01. The highest BCUT2D eigenvalue weighted by atomic mass is 15.1. The van der Waals surface area contributed by atoms with Gasteiger partial charge in [-0.2, -0.15) is 0 Å². The SMILES string of the molecule is c1ccc(-c2nc3ccccc3n2-c2ccccc2-c2c3ccccc3c(-c3ccc4cc(-c5cccc6c5nc(-c5ccccc5)n6-c5ccc(-c6c7ccccc7c(-c7ccc8ccccc8c7)c7ccccc67)cn5)ccc4c3)c3ccccc23)cc1. The van der Waals surface area contributed by atoms with Crippen molar-refractivity contribution in [3.05, 3.63) is 322 Å². The van der Waals surface area contributed by atoms with E-state index < -0.39 is 0 Å². The van der Waals surface area contributed by atoms with Crippen LogP contribution in [0.25, 0.3) is 177 Å². The monoisotopic (exact) mass is 1140 g/mol. The third-order valence-corrected chi connectivity index (χ3v) is 18.3. The van der Waals surface area contributed by atoms with Gasteiger partial charge in [-0.3, -0.25) is 9.13 Å². The fourth-order valence-corrected chi connectivity index (χ4v) is 14.3. The molecule has 0 aliphatic heterocycles. The summed E-state index contributed by atoms with van der Waals surface area (Å²) in [6, 6.07) is 114. The summed E-state index contributed by atoms with van der Waals surface area (Å²) in [4.78, 5) is 16.2. The third-order valence-electron chi connectivity index (χ3n) is 18.3. The molecule has 0 saturated carbocycles. The molecule has 15 aromatic carbocycles. The number of benzene rings is 15. The van der Waals surface area contributed by atoms with Crippen molar-refractivity contribution in [1.82, 2.24) is 24.1 Å². The standard InChI is InChI=1S/C85H53N5/c1-3-23-55(24-4-1)84-87-74-38-18-20-40-76(74)89(84)75-39-19-17-36-73(75)82-71-34-15-13-32-69(71)80(70-33-14-16-35-72(70)82)62-47-44-58-50-60(45-43-59(58)52-62)64-37-21-41-77-83(64)88-85(56-25-5-2-6-26-56)90(77)78-49-48-63(53-86-78)81-67-30-11-9-28-65(67)79(66-29-10-12-31-68(66)81)61-46-42-54-22-7-8-27-57(54)51-61/h1-53H. The van der Waals surface area contributed by atoms with Gasteiger partial charge in [-0.1, -0.05) is 261 Å². The summed E-state index contributed by atoms with van der Waals surface area (Å²) in [5.74, 6) is 2.54. The second kappa shape index (κ2) is 20.8. The fourth-order valence-electron chi connectivity index (χ4n) is 14.3. The van der Waals surface area contributed by atoms with E-state index in [1.165, 1.54) is 87.2 Å². The summed E-state index contributed by atoms with van der Waals surface area (Å²) < 4.78 is 4.57. The molecule has 0 amide bonds. The van der Waals surface area contributed by atoms with Gasteiger partial charge in [0.05, 0.1) is 27.8 Å².